The first kappa shape index (κ1) is 16.3. The van der Waals surface area contributed by atoms with Crippen molar-refractivity contribution in [2.45, 2.75) is 31.6 Å². The van der Waals surface area contributed by atoms with Crippen LogP contribution in [0, 0.1) is 11.8 Å². The number of aromatic nitrogens is 2. The minimum atomic E-state index is -0.334. The summed E-state index contributed by atoms with van der Waals surface area (Å²) in [6, 6.07) is 5.37. The van der Waals surface area contributed by atoms with Gasteiger partial charge in [0.25, 0.3) is 0 Å². The molecule has 4 heterocycles. The Bertz CT molecular complexity index is 900. The summed E-state index contributed by atoms with van der Waals surface area (Å²) >= 11 is 12.0. The third-order valence-electron chi connectivity index (χ3n) is 5.49. The van der Waals surface area contributed by atoms with Crippen LogP contribution < -0.4 is 4.90 Å². The number of hydrogen-bond acceptors (Lipinski definition) is 4. The number of rotatable bonds is 3. The van der Waals surface area contributed by atoms with E-state index in [-0.39, 0.29) is 35.9 Å². The van der Waals surface area contributed by atoms with Crippen molar-refractivity contribution < 1.29 is 14.3 Å². The van der Waals surface area contributed by atoms with E-state index in [4.69, 9.17) is 27.9 Å². The van der Waals surface area contributed by atoms with Gasteiger partial charge in [0.2, 0.25) is 11.8 Å². The second-order valence-electron chi connectivity index (χ2n) is 7.00. The summed E-state index contributed by atoms with van der Waals surface area (Å²) in [4.78, 5) is 26.9. The molecule has 2 amide bonds. The Balaban J connectivity index is 1.39. The van der Waals surface area contributed by atoms with Crippen LogP contribution in [-0.4, -0.2) is 33.8 Å². The number of nitrogens with zero attached hydrogens (tertiary/aromatic N) is 3. The number of hydrogen-bond donors (Lipinski definition) is 0. The molecule has 1 aromatic heterocycles. The Morgan fingerprint density at radius 1 is 1.08 bits per heavy atom. The lowest BCUT2D eigenvalue weighted by Crippen LogP contribution is -2.33. The van der Waals surface area contributed by atoms with Crippen LogP contribution in [0.3, 0.4) is 0 Å². The van der Waals surface area contributed by atoms with E-state index >= 15 is 0 Å². The number of halogens is 2. The standard InChI is InChI=1S/C18H15Cl2N3O3/c19-11-2-1-9(5-12(11)20)7-22-8-10(6-21-22)23-17(24)15-13-3-4-14(26-13)16(15)18(23)25/h1-2,5-6,8,13-16H,3-4,7H2/t13-,14-,15-,16-/m0/s1. The van der Waals surface area contributed by atoms with Crippen molar-refractivity contribution in [3.8, 4) is 0 Å². The maximum absolute atomic E-state index is 12.8. The highest BCUT2D eigenvalue weighted by atomic mass is 35.5. The van der Waals surface area contributed by atoms with Crippen molar-refractivity contribution in [3.05, 3.63) is 46.2 Å². The van der Waals surface area contributed by atoms with E-state index < -0.39 is 0 Å². The monoisotopic (exact) mass is 391 g/mol. The summed E-state index contributed by atoms with van der Waals surface area (Å²) in [5.74, 6) is -0.998. The molecule has 134 valence electrons. The van der Waals surface area contributed by atoms with Gasteiger partial charge in [-0.3, -0.25) is 14.3 Å². The molecule has 0 spiro atoms. The second kappa shape index (κ2) is 5.81. The van der Waals surface area contributed by atoms with E-state index in [0.717, 1.165) is 18.4 Å². The molecule has 0 N–H and O–H groups in total. The van der Waals surface area contributed by atoms with Crippen LogP contribution in [0.5, 0.6) is 0 Å². The van der Waals surface area contributed by atoms with E-state index in [1.807, 2.05) is 6.07 Å². The average Bonchev–Trinajstić information content (AvgIpc) is 3.36. The Labute approximate surface area is 159 Å². The SMILES string of the molecule is O=C1[C@@H]2[C@@H](C(=O)N1c1cnn(Cc3ccc(Cl)c(Cl)c3)c1)[C@@H]1CC[C@@H]2O1. The largest absolute Gasteiger partial charge is 0.373 e. The van der Waals surface area contributed by atoms with Gasteiger partial charge in [-0.05, 0) is 30.5 Å². The molecule has 5 rings (SSSR count). The van der Waals surface area contributed by atoms with Crippen molar-refractivity contribution in [1.82, 2.24) is 9.78 Å². The first-order valence-corrected chi connectivity index (χ1v) is 9.28. The van der Waals surface area contributed by atoms with Crippen molar-refractivity contribution in [2.24, 2.45) is 11.8 Å². The summed E-state index contributed by atoms with van der Waals surface area (Å²) in [7, 11) is 0. The second-order valence-corrected chi connectivity index (χ2v) is 7.81. The van der Waals surface area contributed by atoms with Crippen LogP contribution >= 0.6 is 23.2 Å². The fraction of sp³-hybridized carbons (Fsp3) is 0.389. The van der Waals surface area contributed by atoms with Crippen molar-refractivity contribution in [3.63, 3.8) is 0 Å². The van der Waals surface area contributed by atoms with Gasteiger partial charge in [-0.2, -0.15) is 5.10 Å². The third kappa shape index (κ3) is 2.32. The average molecular weight is 392 g/mol. The van der Waals surface area contributed by atoms with Gasteiger partial charge < -0.3 is 4.74 Å². The maximum atomic E-state index is 12.8. The molecule has 6 nitrogen and oxygen atoms in total. The Hall–Kier alpha value is -1.89. The fourth-order valence-corrected chi connectivity index (χ4v) is 4.67. The predicted molar refractivity (Wildman–Crippen MR) is 95.2 cm³/mol. The Kier molecular flexibility index (Phi) is 3.64. The molecular formula is C18H15Cl2N3O3. The zero-order valence-electron chi connectivity index (χ0n) is 13.6. The van der Waals surface area contributed by atoms with Gasteiger partial charge in [-0.15, -0.1) is 0 Å². The van der Waals surface area contributed by atoms with Crippen LogP contribution in [0.1, 0.15) is 18.4 Å². The molecular weight excluding hydrogens is 377 g/mol. The third-order valence-corrected chi connectivity index (χ3v) is 6.23. The van der Waals surface area contributed by atoms with Crippen LogP contribution in [0.4, 0.5) is 5.69 Å². The van der Waals surface area contributed by atoms with E-state index in [0.29, 0.717) is 22.3 Å². The normalized spacial score (nSPS) is 29.7. The fourth-order valence-electron chi connectivity index (χ4n) is 4.35. The minimum absolute atomic E-state index is 0.113. The van der Waals surface area contributed by atoms with Crippen molar-refractivity contribution >= 4 is 40.7 Å². The van der Waals surface area contributed by atoms with E-state index in [9.17, 15) is 9.59 Å². The van der Waals surface area contributed by atoms with Gasteiger partial charge in [0.1, 0.15) is 0 Å². The summed E-state index contributed by atoms with van der Waals surface area (Å²) in [6.45, 7) is 0.467. The molecule has 3 fully saturated rings. The molecule has 3 saturated heterocycles. The molecule has 2 aromatic rings. The van der Waals surface area contributed by atoms with E-state index in [1.54, 1.807) is 29.2 Å². The van der Waals surface area contributed by atoms with Crippen molar-refractivity contribution in [1.29, 1.82) is 0 Å². The molecule has 0 saturated carbocycles. The predicted octanol–water partition coefficient (Wildman–Crippen LogP) is 2.91. The molecule has 0 unspecified atom stereocenters. The topological polar surface area (TPSA) is 64.4 Å². The molecule has 3 aliphatic rings. The number of fused-ring (bicyclic) bond motifs is 5. The Morgan fingerprint density at radius 2 is 1.77 bits per heavy atom. The number of carbonyl (C=O) groups excluding carboxylic acids is 2. The van der Waals surface area contributed by atoms with Gasteiger partial charge in [0, 0.05) is 6.20 Å². The number of amides is 2. The number of anilines is 1. The van der Waals surface area contributed by atoms with Gasteiger partial charge in [-0.1, -0.05) is 29.3 Å². The molecule has 0 radical (unpaired) electrons. The lowest BCUT2D eigenvalue weighted by Gasteiger charge is -2.15. The smallest absolute Gasteiger partial charge is 0.240 e. The lowest BCUT2D eigenvalue weighted by molar-refractivity contribution is -0.124. The number of ether oxygens (including phenoxy) is 1. The molecule has 2 bridgehead atoms. The van der Waals surface area contributed by atoms with Crippen molar-refractivity contribution in [2.75, 3.05) is 4.90 Å². The van der Waals surface area contributed by atoms with Gasteiger partial charge in [0.15, 0.2) is 0 Å². The van der Waals surface area contributed by atoms with Gasteiger partial charge in [-0.25, -0.2) is 4.90 Å². The van der Waals surface area contributed by atoms with E-state index in [1.165, 1.54) is 4.90 Å². The zero-order valence-corrected chi connectivity index (χ0v) is 15.2. The summed E-state index contributed by atoms with van der Waals surface area (Å²) in [5, 5.41) is 5.26. The molecule has 26 heavy (non-hydrogen) atoms. The van der Waals surface area contributed by atoms with Crippen LogP contribution in [0.2, 0.25) is 10.0 Å². The van der Waals surface area contributed by atoms with Crippen LogP contribution in [0.25, 0.3) is 0 Å². The van der Waals surface area contributed by atoms with Crippen LogP contribution in [-0.2, 0) is 20.9 Å². The highest BCUT2D eigenvalue weighted by molar-refractivity contribution is 6.42. The molecule has 1 aromatic carbocycles. The zero-order chi connectivity index (χ0) is 18.0. The number of benzene rings is 1. The Morgan fingerprint density at radius 3 is 2.42 bits per heavy atom. The first-order chi connectivity index (χ1) is 12.5. The minimum Gasteiger partial charge on any atom is -0.373 e. The van der Waals surface area contributed by atoms with Crippen LogP contribution in [0.15, 0.2) is 30.6 Å². The quantitative estimate of drug-likeness (QED) is 0.754. The number of carbonyl (C=O) groups is 2. The number of imide groups is 1. The van der Waals surface area contributed by atoms with Gasteiger partial charge >= 0.3 is 0 Å². The molecule has 3 aliphatic heterocycles. The molecule has 4 atom stereocenters. The molecule has 0 aliphatic carbocycles. The highest BCUT2D eigenvalue weighted by Gasteiger charge is 2.62. The highest BCUT2D eigenvalue weighted by Crippen LogP contribution is 2.49. The summed E-state index contributed by atoms with van der Waals surface area (Å²) < 4.78 is 7.43. The first-order valence-electron chi connectivity index (χ1n) is 8.52. The molecule has 8 heteroatoms. The maximum Gasteiger partial charge on any atom is 0.240 e. The van der Waals surface area contributed by atoms with E-state index in [2.05, 4.69) is 5.10 Å². The lowest BCUT2D eigenvalue weighted by atomic mass is 9.81. The van der Waals surface area contributed by atoms with Gasteiger partial charge in [0.05, 0.1) is 52.5 Å². The summed E-state index contributed by atoms with van der Waals surface area (Å²) in [5.41, 5.74) is 1.44. The summed E-state index contributed by atoms with van der Waals surface area (Å²) in [6.07, 6.45) is 4.75.